The van der Waals surface area contributed by atoms with E-state index in [1.807, 2.05) is 12.1 Å². The second-order valence-electron chi connectivity index (χ2n) is 11.3. The Morgan fingerprint density at radius 1 is 1.18 bits per heavy atom. The van der Waals surface area contributed by atoms with E-state index in [2.05, 4.69) is 16.8 Å². The van der Waals surface area contributed by atoms with Gasteiger partial charge in [0.25, 0.3) is 5.91 Å². The van der Waals surface area contributed by atoms with E-state index >= 15 is 0 Å². The first-order chi connectivity index (χ1) is 15.9. The number of nitrogens with zero attached hydrogens (tertiary/aromatic N) is 3. The molecule has 1 saturated heterocycles. The summed E-state index contributed by atoms with van der Waals surface area (Å²) in [6.07, 6.45) is 13.7. The number of hydrogen-bond donors (Lipinski definition) is 1. The highest BCUT2D eigenvalue weighted by Gasteiger charge is 2.57. The maximum Gasteiger partial charge on any atom is 0.273 e. The molecule has 0 aromatic carbocycles. The molecule has 6 heteroatoms. The molecular weight excluding hydrogens is 414 g/mol. The van der Waals surface area contributed by atoms with Crippen LogP contribution in [-0.4, -0.2) is 56.9 Å². The molecule has 1 aromatic heterocycles. The minimum absolute atomic E-state index is 0.0541. The lowest BCUT2D eigenvalue weighted by Gasteiger charge is -2.53. The molecule has 180 valence electrons. The van der Waals surface area contributed by atoms with Crippen molar-refractivity contribution in [2.75, 3.05) is 19.6 Å². The Labute approximate surface area is 197 Å². The summed E-state index contributed by atoms with van der Waals surface area (Å²) in [5.74, 6) is 0.935. The largest absolute Gasteiger partial charge is 0.387 e. The van der Waals surface area contributed by atoms with E-state index < -0.39 is 5.60 Å². The number of hydrogen-bond acceptors (Lipinski definition) is 4. The third-order valence-corrected chi connectivity index (χ3v) is 9.18. The van der Waals surface area contributed by atoms with E-state index in [0.29, 0.717) is 44.2 Å². The van der Waals surface area contributed by atoms with Gasteiger partial charge in [0.2, 0.25) is 5.91 Å². The molecule has 5 rings (SSSR count). The first kappa shape index (κ1) is 22.8. The molecule has 1 N–H and O–H groups in total. The number of aromatic nitrogens is 1. The molecule has 1 unspecified atom stereocenters. The Hall–Kier alpha value is -1.95. The van der Waals surface area contributed by atoms with Crippen LogP contribution in [0.15, 0.2) is 18.3 Å². The third kappa shape index (κ3) is 4.20. The molecule has 2 amide bonds. The maximum atomic E-state index is 13.4. The van der Waals surface area contributed by atoms with Crippen molar-refractivity contribution in [2.45, 2.75) is 89.7 Å². The molecule has 2 atom stereocenters. The molecule has 3 heterocycles. The molecule has 4 aliphatic rings. The van der Waals surface area contributed by atoms with Gasteiger partial charge < -0.3 is 14.9 Å². The molecule has 0 bridgehead atoms. The number of rotatable bonds is 5. The highest BCUT2D eigenvalue weighted by Crippen LogP contribution is 2.52. The van der Waals surface area contributed by atoms with Gasteiger partial charge in [-0.2, -0.15) is 0 Å². The first-order valence-electron chi connectivity index (χ1n) is 13.2. The van der Waals surface area contributed by atoms with Crippen LogP contribution in [0.1, 0.15) is 93.6 Å². The summed E-state index contributed by atoms with van der Waals surface area (Å²) in [6, 6.07) is 3.81. The SMILES string of the molecule is C[C@H](CC1CCCCC1)C(=O)N1CCC(O)(CN2Cc3cccnc3C2=O)C2(CCCC2)C1. The fourth-order valence-electron chi connectivity index (χ4n) is 7.25. The van der Waals surface area contributed by atoms with E-state index in [0.717, 1.165) is 37.7 Å². The number of carbonyl (C=O) groups is 2. The van der Waals surface area contributed by atoms with Crippen molar-refractivity contribution in [1.29, 1.82) is 0 Å². The smallest absolute Gasteiger partial charge is 0.273 e. The quantitative estimate of drug-likeness (QED) is 0.726. The maximum absolute atomic E-state index is 13.4. The Morgan fingerprint density at radius 2 is 1.94 bits per heavy atom. The van der Waals surface area contributed by atoms with Crippen molar-refractivity contribution in [1.82, 2.24) is 14.8 Å². The van der Waals surface area contributed by atoms with Crippen molar-refractivity contribution < 1.29 is 14.7 Å². The van der Waals surface area contributed by atoms with Gasteiger partial charge in [0.05, 0.1) is 12.1 Å². The number of piperidine rings is 1. The number of amides is 2. The highest BCUT2D eigenvalue weighted by molar-refractivity contribution is 5.96. The summed E-state index contributed by atoms with van der Waals surface area (Å²) < 4.78 is 0. The van der Waals surface area contributed by atoms with Crippen LogP contribution in [0.2, 0.25) is 0 Å². The zero-order valence-electron chi connectivity index (χ0n) is 20.1. The van der Waals surface area contributed by atoms with Crippen molar-refractivity contribution in [3.8, 4) is 0 Å². The normalized spacial score (nSPS) is 28.4. The van der Waals surface area contributed by atoms with Gasteiger partial charge in [-0.3, -0.25) is 14.6 Å². The van der Waals surface area contributed by atoms with Crippen LogP contribution in [0.5, 0.6) is 0 Å². The van der Waals surface area contributed by atoms with E-state index in [4.69, 9.17) is 0 Å². The Morgan fingerprint density at radius 3 is 2.67 bits per heavy atom. The van der Waals surface area contributed by atoms with Crippen LogP contribution in [0.3, 0.4) is 0 Å². The average Bonchev–Trinajstić information content (AvgIpc) is 3.42. The molecule has 2 aliphatic carbocycles. The zero-order valence-corrected chi connectivity index (χ0v) is 20.1. The van der Waals surface area contributed by atoms with Gasteiger partial charge in [-0.05, 0) is 37.7 Å². The van der Waals surface area contributed by atoms with Crippen LogP contribution < -0.4 is 0 Å². The van der Waals surface area contributed by atoms with E-state index in [-0.39, 0.29) is 23.1 Å². The van der Waals surface area contributed by atoms with Gasteiger partial charge in [-0.15, -0.1) is 0 Å². The van der Waals surface area contributed by atoms with Gasteiger partial charge in [-0.25, -0.2) is 0 Å². The van der Waals surface area contributed by atoms with Crippen LogP contribution in [-0.2, 0) is 11.3 Å². The van der Waals surface area contributed by atoms with Crippen LogP contribution in [0, 0.1) is 17.3 Å². The predicted octanol–water partition coefficient (Wildman–Crippen LogP) is 4.17. The zero-order chi connectivity index (χ0) is 23.1. The number of pyridine rings is 1. The standard InChI is InChI=1S/C27H39N3O3/c1-20(16-21-8-3-2-4-9-21)24(31)29-15-13-27(33,26(18-29)11-5-6-12-26)19-30-17-22-10-7-14-28-23(22)25(30)32/h7,10,14,20-21,33H,2-6,8-9,11-13,15-19H2,1H3/t20-,27?/m1/s1. The van der Waals surface area contributed by atoms with Crippen molar-refractivity contribution >= 4 is 11.8 Å². The molecule has 6 nitrogen and oxygen atoms in total. The van der Waals surface area contributed by atoms with Crippen molar-refractivity contribution in [3.05, 3.63) is 29.6 Å². The monoisotopic (exact) mass is 453 g/mol. The topological polar surface area (TPSA) is 73.7 Å². The molecular formula is C27H39N3O3. The fourth-order valence-corrected chi connectivity index (χ4v) is 7.25. The summed E-state index contributed by atoms with van der Waals surface area (Å²) in [7, 11) is 0. The number of carbonyl (C=O) groups excluding carboxylic acids is 2. The van der Waals surface area contributed by atoms with Gasteiger partial charge in [0.1, 0.15) is 5.69 Å². The second-order valence-corrected chi connectivity index (χ2v) is 11.3. The van der Waals surface area contributed by atoms with Crippen LogP contribution >= 0.6 is 0 Å². The lowest BCUT2D eigenvalue weighted by atomic mass is 9.65. The van der Waals surface area contributed by atoms with E-state index in [9.17, 15) is 14.7 Å². The number of β-amino-alcohol motifs (C(OH)–C–C–N with tert-alkyl or cyclic N) is 1. The first-order valence-corrected chi connectivity index (χ1v) is 13.2. The number of likely N-dealkylation sites (tertiary alicyclic amines) is 1. The third-order valence-electron chi connectivity index (χ3n) is 9.18. The molecule has 3 fully saturated rings. The van der Waals surface area contributed by atoms with Gasteiger partial charge >= 0.3 is 0 Å². The molecule has 33 heavy (non-hydrogen) atoms. The summed E-state index contributed by atoms with van der Waals surface area (Å²) >= 11 is 0. The molecule has 1 aromatic rings. The second kappa shape index (κ2) is 9.01. The van der Waals surface area contributed by atoms with Crippen LogP contribution in [0.25, 0.3) is 0 Å². The average molecular weight is 454 g/mol. The number of fused-ring (bicyclic) bond motifs is 1. The lowest BCUT2D eigenvalue weighted by molar-refractivity contribution is -0.163. The van der Waals surface area contributed by atoms with E-state index in [1.165, 1.54) is 32.1 Å². The minimum Gasteiger partial charge on any atom is -0.387 e. The fraction of sp³-hybridized carbons (Fsp3) is 0.741. The van der Waals surface area contributed by atoms with Crippen molar-refractivity contribution in [3.63, 3.8) is 0 Å². The Kier molecular flexibility index (Phi) is 6.23. The molecule has 0 radical (unpaired) electrons. The van der Waals surface area contributed by atoms with Gasteiger partial charge in [0.15, 0.2) is 0 Å². The highest BCUT2D eigenvalue weighted by atomic mass is 16.3. The minimum atomic E-state index is -0.954. The summed E-state index contributed by atoms with van der Waals surface area (Å²) in [4.78, 5) is 34.5. The van der Waals surface area contributed by atoms with E-state index in [1.54, 1.807) is 11.1 Å². The van der Waals surface area contributed by atoms with Crippen molar-refractivity contribution in [2.24, 2.45) is 17.3 Å². The lowest BCUT2D eigenvalue weighted by Crippen LogP contribution is -2.64. The Bertz CT molecular complexity index is 890. The summed E-state index contributed by atoms with van der Waals surface area (Å²) in [5, 5.41) is 12.0. The number of aliphatic hydroxyl groups is 1. The van der Waals surface area contributed by atoms with Crippen LogP contribution in [0.4, 0.5) is 0 Å². The molecule has 1 spiro atoms. The summed E-state index contributed by atoms with van der Waals surface area (Å²) in [6.45, 7) is 4.17. The van der Waals surface area contributed by atoms with Gasteiger partial charge in [-0.1, -0.05) is 57.9 Å². The molecule has 2 aliphatic heterocycles. The Balaban J connectivity index is 1.28. The molecule has 2 saturated carbocycles. The summed E-state index contributed by atoms with van der Waals surface area (Å²) in [5.41, 5.74) is 0.194. The van der Waals surface area contributed by atoms with Gasteiger partial charge in [0, 0.05) is 42.7 Å². The predicted molar refractivity (Wildman–Crippen MR) is 126 cm³/mol.